The fourth-order valence-electron chi connectivity index (χ4n) is 3.57. The van der Waals surface area contributed by atoms with Gasteiger partial charge in [-0.25, -0.2) is 0 Å². The molecule has 1 saturated heterocycles. The molecule has 1 aliphatic rings. The van der Waals surface area contributed by atoms with Gasteiger partial charge in [0.2, 0.25) is 5.91 Å². The van der Waals surface area contributed by atoms with Gasteiger partial charge in [-0.15, -0.1) is 0 Å². The molecule has 1 aliphatic heterocycles. The lowest BCUT2D eigenvalue weighted by molar-refractivity contribution is -0.126. The Labute approximate surface area is 175 Å². The standard InChI is InChI=1S/C22H25ClN2O4/c1-28-19-7-3-5-16(20(19)29-2)13-24-21(26)17-6-4-12-25(14-17)22(27)15-8-10-18(23)11-9-15/h3,5,7-11,17H,4,6,12-14H2,1-2H3,(H,24,26). The Hall–Kier alpha value is -2.73. The first-order valence-corrected chi connectivity index (χ1v) is 9.93. The number of ether oxygens (including phenoxy) is 2. The van der Waals surface area contributed by atoms with Crippen molar-refractivity contribution < 1.29 is 19.1 Å². The molecule has 6 nitrogen and oxygen atoms in total. The Kier molecular flexibility index (Phi) is 6.99. The van der Waals surface area contributed by atoms with E-state index in [0.717, 1.165) is 18.4 Å². The summed E-state index contributed by atoms with van der Waals surface area (Å²) < 4.78 is 10.7. The number of amides is 2. The number of hydrogen-bond acceptors (Lipinski definition) is 4. The minimum atomic E-state index is -0.239. The molecule has 154 valence electrons. The number of carbonyl (C=O) groups excluding carboxylic acids is 2. The number of nitrogens with zero attached hydrogens (tertiary/aromatic N) is 1. The maximum absolute atomic E-state index is 12.7. The van der Waals surface area contributed by atoms with Gasteiger partial charge in [-0.1, -0.05) is 23.7 Å². The molecule has 1 fully saturated rings. The second kappa shape index (κ2) is 9.65. The zero-order valence-electron chi connectivity index (χ0n) is 16.6. The third kappa shape index (κ3) is 5.01. The van der Waals surface area contributed by atoms with Crippen LogP contribution in [0.2, 0.25) is 5.02 Å². The van der Waals surface area contributed by atoms with E-state index in [9.17, 15) is 9.59 Å². The first kappa shape index (κ1) is 21.0. The van der Waals surface area contributed by atoms with E-state index < -0.39 is 0 Å². The van der Waals surface area contributed by atoms with Gasteiger partial charge in [0.05, 0.1) is 20.1 Å². The normalized spacial score (nSPS) is 16.2. The SMILES string of the molecule is COc1cccc(CNC(=O)C2CCCN(C(=O)c3ccc(Cl)cc3)C2)c1OC. The molecular weight excluding hydrogens is 392 g/mol. The number of nitrogens with one attached hydrogen (secondary N) is 1. The highest BCUT2D eigenvalue weighted by molar-refractivity contribution is 6.30. The van der Waals surface area contributed by atoms with Crippen LogP contribution in [-0.2, 0) is 11.3 Å². The van der Waals surface area contributed by atoms with Crippen molar-refractivity contribution in [3.63, 3.8) is 0 Å². The molecule has 1 N–H and O–H groups in total. The van der Waals surface area contributed by atoms with E-state index in [1.165, 1.54) is 0 Å². The number of hydrogen-bond donors (Lipinski definition) is 1. The van der Waals surface area contributed by atoms with Crippen LogP contribution in [0.5, 0.6) is 11.5 Å². The summed E-state index contributed by atoms with van der Waals surface area (Å²) in [5.41, 5.74) is 1.42. The second-order valence-corrected chi connectivity index (χ2v) is 7.40. The van der Waals surface area contributed by atoms with Crippen molar-refractivity contribution in [1.29, 1.82) is 0 Å². The van der Waals surface area contributed by atoms with E-state index in [4.69, 9.17) is 21.1 Å². The fourth-order valence-corrected chi connectivity index (χ4v) is 3.70. The highest BCUT2D eigenvalue weighted by Gasteiger charge is 2.29. The van der Waals surface area contributed by atoms with Gasteiger partial charge in [-0.2, -0.15) is 0 Å². The predicted molar refractivity (Wildman–Crippen MR) is 111 cm³/mol. The maximum Gasteiger partial charge on any atom is 0.253 e. The number of piperidine rings is 1. The number of likely N-dealkylation sites (tertiary alicyclic amines) is 1. The van der Waals surface area contributed by atoms with E-state index in [1.54, 1.807) is 43.4 Å². The zero-order chi connectivity index (χ0) is 20.8. The Bertz CT molecular complexity index is 870. The Morgan fingerprint density at radius 3 is 2.59 bits per heavy atom. The van der Waals surface area contributed by atoms with Crippen molar-refractivity contribution in [3.05, 3.63) is 58.6 Å². The van der Waals surface area contributed by atoms with Crippen LogP contribution in [0.3, 0.4) is 0 Å². The van der Waals surface area contributed by atoms with Gasteiger partial charge in [0.25, 0.3) is 5.91 Å². The Balaban J connectivity index is 1.61. The topological polar surface area (TPSA) is 67.9 Å². The highest BCUT2D eigenvalue weighted by atomic mass is 35.5. The molecule has 0 radical (unpaired) electrons. The average molecular weight is 417 g/mol. The van der Waals surface area contributed by atoms with Crippen molar-refractivity contribution in [3.8, 4) is 11.5 Å². The van der Waals surface area contributed by atoms with Crippen LogP contribution < -0.4 is 14.8 Å². The Morgan fingerprint density at radius 2 is 1.90 bits per heavy atom. The zero-order valence-corrected chi connectivity index (χ0v) is 17.4. The monoisotopic (exact) mass is 416 g/mol. The number of methoxy groups -OCH3 is 2. The molecule has 2 aromatic carbocycles. The summed E-state index contributed by atoms with van der Waals surface area (Å²) in [5.74, 6) is 0.851. The summed E-state index contributed by atoms with van der Waals surface area (Å²) in [5, 5.41) is 3.56. The highest BCUT2D eigenvalue weighted by Crippen LogP contribution is 2.30. The molecule has 0 aromatic heterocycles. The van der Waals surface area contributed by atoms with E-state index in [0.29, 0.717) is 41.7 Å². The van der Waals surface area contributed by atoms with Gasteiger partial charge in [-0.05, 0) is 43.2 Å². The van der Waals surface area contributed by atoms with Crippen molar-refractivity contribution in [2.24, 2.45) is 5.92 Å². The quantitative estimate of drug-likeness (QED) is 0.782. The molecule has 1 atom stereocenters. The molecule has 2 amide bonds. The number of halogens is 1. The summed E-state index contributed by atoms with van der Waals surface area (Å²) in [6.07, 6.45) is 1.55. The van der Waals surface area contributed by atoms with Gasteiger partial charge in [0, 0.05) is 35.8 Å². The third-order valence-corrected chi connectivity index (χ3v) is 5.36. The first-order valence-electron chi connectivity index (χ1n) is 9.56. The van der Waals surface area contributed by atoms with Crippen molar-refractivity contribution >= 4 is 23.4 Å². The molecule has 29 heavy (non-hydrogen) atoms. The number of rotatable bonds is 6. The molecule has 0 aliphatic carbocycles. The number of benzene rings is 2. The maximum atomic E-state index is 12.7. The van der Waals surface area contributed by atoms with Gasteiger partial charge >= 0.3 is 0 Å². The summed E-state index contributed by atoms with van der Waals surface area (Å²) in [6.45, 7) is 1.39. The van der Waals surface area contributed by atoms with Crippen LogP contribution >= 0.6 is 11.6 Å². The summed E-state index contributed by atoms with van der Waals surface area (Å²) in [6, 6.07) is 12.4. The number of para-hydroxylation sites is 1. The fraction of sp³-hybridized carbons (Fsp3) is 0.364. The van der Waals surface area contributed by atoms with Gasteiger partial charge < -0.3 is 19.7 Å². The smallest absolute Gasteiger partial charge is 0.253 e. The van der Waals surface area contributed by atoms with Gasteiger partial charge in [-0.3, -0.25) is 9.59 Å². The van der Waals surface area contributed by atoms with E-state index in [2.05, 4.69) is 5.32 Å². The lowest BCUT2D eigenvalue weighted by atomic mass is 9.96. The van der Waals surface area contributed by atoms with Gasteiger partial charge in [0.15, 0.2) is 11.5 Å². The van der Waals surface area contributed by atoms with Crippen LogP contribution in [-0.4, -0.2) is 44.0 Å². The molecule has 1 unspecified atom stereocenters. The van der Waals surface area contributed by atoms with Crippen LogP contribution in [0.15, 0.2) is 42.5 Å². The molecule has 0 spiro atoms. The van der Waals surface area contributed by atoms with Crippen LogP contribution in [0, 0.1) is 5.92 Å². The van der Waals surface area contributed by atoms with Crippen LogP contribution in [0.4, 0.5) is 0 Å². The molecule has 0 saturated carbocycles. The number of carbonyl (C=O) groups is 2. The molecule has 7 heteroatoms. The largest absolute Gasteiger partial charge is 0.493 e. The lowest BCUT2D eigenvalue weighted by Crippen LogP contribution is -2.45. The summed E-state index contributed by atoms with van der Waals surface area (Å²) in [7, 11) is 3.15. The lowest BCUT2D eigenvalue weighted by Gasteiger charge is -2.32. The molecule has 0 bridgehead atoms. The van der Waals surface area contributed by atoms with Crippen molar-refractivity contribution in [1.82, 2.24) is 10.2 Å². The van der Waals surface area contributed by atoms with Crippen LogP contribution in [0.1, 0.15) is 28.8 Å². The van der Waals surface area contributed by atoms with Crippen molar-refractivity contribution in [2.45, 2.75) is 19.4 Å². The van der Waals surface area contributed by atoms with Gasteiger partial charge in [0.1, 0.15) is 0 Å². The van der Waals surface area contributed by atoms with E-state index >= 15 is 0 Å². The van der Waals surface area contributed by atoms with Crippen molar-refractivity contribution in [2.75, 3.05) is 27.3 Å². The second-order valence-electron chi connectivity index (χ2n) is 6.97. The van der Waals surface area contributed by atoms with E-state index in [-0.39, 0.29) is 17.7 Å². The minimum absolute atomic E-state index is 0.0662. The molecule has 2 aromatic rings. The molecule has 1 heterocycles. The predicted octanol–water partition coefficient (Wildman–Crippen LogP) is 3.53. The Morgan fingerprint density at radius 1 is 1.14 bits per heavy atom. The first-order chi connectivity index (χ1) is 14.0. The summed E-state index contributed by atoms with van der Waals surface area (Å²) in [4.78, 5) is 27.2. The third-order valence-electron chi connectivity index (χ3n) is 5.11. The molecular formula is C22H25ClN2O4. The minimum Gasteiger partial charge on any atom is -0.493 e. The van der Waals surface area contributed by atoms with E-state index in [1.807, 2.05) is 18.2 Å². The van der Waals surface area contributed by atoms with Crippen LogP contribution in [0.25, 0.3) is 0 Å². The molecule has 3 rings (SSSR count). The summed E-state index contributed by atoms with van der Waals surface area (Å²) >= 11 is 5.90. The average Bonchev–Trinajstić information content (AvgIpc) is 2.77.